The lowest BCUT2D eigenvalue weighted by atomic mass is 10.2. The number of hydrogen-bond acceptors (Lipinski definition) is 5. The van der Waals surface area contributed by atoms with Gasteiger partial charge in [-0.25, -0.2) is 9.78 Å². The lowest BCUT2D eigenvalue weighted by Gasteiger charge is -2.12. The highest BCUT2D eigenvalue weighted by molar-refractivity contribution is 6.01. The standard InChI is InChI=1S/C22H19N3O4/c1-27-16-7-5-6-15(13-16)23-22(26)25-18-12-14(10-11-19(18)28-2)21-24-17-8-3-4-9-20(17)29-21/h3-13H,1-2H3,(H2,23,25,26). The number of fused-ring (bicyclic) bond motifs is 1. The van der Waals surface area contributed by atoms with E-state index in [9.17, 15) is 4.79 Å². The smallest absolute Gasteiger partial charge is 0.323 e. The molecule has 0 aliphatic heterocycles. The number of anilines is 2. The largest absolute Gasteiger partial charge is 0.497 e. The van der Waals surface area contributed by atoms with E-state index in [2.05, 4.69) is 15.6 Å². The summed E-state index contributed by atoms with van der Waals surface area (Å²) in [5.74, 6) is 1.63. The summed E-state index contributed by atoms with van der Waals surface area (Å²) in [6.45, 7) is 0. The summed E-state index contributed by atoms with van der Waals surface area (Å²) in [6, 6.07) is 19.6. The first-order valence-corrected chi connectivity index (χ1v) is 8.92. The third kappa shape index (κ3) is 3.98. The molecule has 3 aromatic carbocycles. The second-order valence-corrected chi connectivity index (χ2v) is 6.21. The molecule has 146 valence electrons. The Morgan fingerprint density at radius 1 is 0.931 bits per heavy atom. The van der Waals surface area contributed by atoms with Crippen LogP contribution in [-0.4, -0.2) is 25.2 Å². The number of carbonyl (C=O) groups is 1. The lowest BCUT2D eigenvalue weighted by Crippen LogP contribution is -2.19. The molecule has 1 heterocycles. The number of nitrogens with one attached hydrogen (secondary N) is 2. The summed E-state index contributed by atoms with van der Waals surface area (Å²) in [7, 11) is 3.11. The van der Waals surface area contributed by atoms with Crippen molar-refractivity contribution >= 4 is 28.5 Å². The first-order chi connectivity index (χ1) is 14.2. The molecule has 0 saturated carbocycles. The SMILES string of the molecule is COc1cccc(NC(=O)Nc2cc(-c3nc4ccccc4o3)ccc2OC)c1. The second kappa shape index (κ2) is 7.93. The van der Waals surface area contributed by atoms with Gasteiger partial charge >= 0.3 is 6.03 Å². The van der Waals surface area contributed by atoms with E-state index in [1.54, 1.807) is 50.6 Å². The van der Waals surface area contributed by atoms with Crippen molar-refractivity contribution in [2.75, 3.05) is 24.9 Å². The molecular weight excluding hydrogens is 370 g/mol. The molecule has 0 radical (unpaired) electrons. The molecule has 0 saturated heterocycles. The van der Waals surface area contributed by atoms with E-state index < -0.39 is 6.03 Å². The summed E-state index contributed by atoms with van der Waals surface area (Å²) >= 11 is 0. The molecule has 0 fully saturated rings. The van der Waals surface area contributed by atoms with Gasteiger partial charge in [0.15, 0.2) is 5.58 Å². The van der Waals surface area contributed by atoms with Gasteiger partial charge in [0.05, 0.1) is 19.9 Å². The van der Waals surface area contributed by atoms with E-state index in [0.717, 1.165) is 11.1 Å². The number of methoxy groups -OCH3 is 2. The highest BCUT2D eigenvalue weighted by atomic mass is 16.5. The number of aromatic nitrogens is 1. The van der Waals surface area contributed by atoms with Crippen LogP contribution in [0.3, 0.4) is 0 Å². The third-order valence-electron chi connectivity index (χ3n) is 4.32. The van der Waals surface area contributed by atoms with Gasteiger partial charge in [0.25, 0.3) is 0 Å². The molecule has 4 aromatic rings. The number of benzene rings is 3. The Morgan fingerprint density at radius 3 is 2.59 bits per heavy atom. The minimum atomic E-state index is -0.411. The molecule has 0 atom stereocenters. The van der Waals surface area contributed by atoms with Crippen LogP contribution in [0.4, 0.5) is 16.2 Å². The van der Waals surface area contributed by atoms with Crippen molar-refractivity contribution in [2.45, 2.75) is 0 Å². The predicted octanol–water partition coefficient (Wildman–Crippen LogP) is 5.16. The summed E-state index contributed by atoms with van der Waals surface area (Å²) < 4.78 is 16.4. The van der Waals surface area contributed by atoms with Crippen molar-refractivity contribution in [3.63, 3.8) is 0 Å². The molecule has 2 amide bonds. The number of rotatable bonds is 5. The number of oxazole rings is 1. The number of amides is 2. The maximum Gasteiger partial charge on any atom is 0.323 e. The molecule has 7 heteroatoms. The van der Waals surface area contributed by atoms with Gasteiger partial charge in [-0.3, -0.25) is 0 Å². The van der Waals surface area contributed by atoms with Crippen molar-refractivity contribution in [3.05, 3.63) is 66.7 Å². The minimum absolute atomic E-state index is 0.411. The van der Waals surface area contributed by atoms with Crippen LogP contribution in [0.15, 0.2) is 71.1 Å². The molecule has 1 aromatic heterocycles. The number of para-hydroxylation sites is 2. The maximum absolute atomic E-state index is 12.5. The first kappa shape index (κ1) is 18.4. The molecule has 0 unspecified atom stereocenters. The summed E-state index contributed by atoms with van der Waals surface area (Å²) in [5, 5.41) is 5.58. The van der Waals surface area contributed by atoms with Crippen molar-refractivity contribution in [2.24, 2.45) is 0 Å². The molecule has 0 aliphatic carbocycles. The van der Waals surface area contributed by atoms with Crippen LogP contribution >= 0.6 is 0 Å². The van der Waals surface area contributed by atoms with Crippen LogP contribution in [0.1, 0.15) is 0 Å². The van der Waals surface area contributed by atoms with Crippen LogP contribution < -0.4 is 20.1 Å². The number of urea groups is 1. The zero-order chi connectivity index (χ0) is 20.2. The monoisotopic (exact) mass is 389 g/mol. The zero-order valence-electron chi connectivity index (χ0n) is 15.9. The van der Waals surface area contributed by atoms with E-state index in [0.29, 0.717) is 34.3 Å². The minimum Gasteiger partial charge on any atom is -0.497 e. The van der Waals surface area contributed by atoms with Crippen LogP contribution in [-0.2, 0) is 0 Å². The Hall–Kier alpha value is -4.00. The van der Waals surface area contributed by atoms with Gasteiger partial charge in [-0.2, -0.15) is 0 Å². The van der Waals surface area contributed by atoms with Gasteiger partial charge in [-0.15, -0.1) is 0 Å². The van der Waals surface area contributed by atoms with E-state index in [-0.39, 0.29) is 0 Å². The molecule has 0 spiro atoms. The van der Waals surface area contributed by atoms with E-state index >= 15 is 0 Å². The van der Waals surface area contributed by atoms with Gasteiger partial charge in [0.1, 0.15) is 17.0 Å². The fraction of sp³-hybridized carbons (Fsp3) is 0.0909. The number of nitrogens with zero attached hydrogens (tertiary/aromatic N) is 1. The Labute approximate surface area is 167 Å². The molecular formula is C22H19N3O4. The van der Waals surface area contributed by atoms with Crippen LogP contribution in [0.5, 0.6) is 11.5 Å². The van der Waals surface area contributed by atoms with Gasteiger partial charge in [-0.1, -0.05) is 18.2 Å². The lowest BCUT2D eigenvalue weighted by molar-refractivity contribution is 0.262. The van der Waals surface area contributed by atoms with Crippen molar-refractivity contribution in [1.29, 1.82) is 0 Å². The quantitative estimate of drug-likeness (QED) is 0.493. The van der Waals surface area contributed by atoms with Gasteiger partial charge in [0, 0.05) is 17.3 Å². The highest BCUT2D eigenvalue weighted by Crippen LogP contribution is 2.32. The van der Waals surface area contributed by atoms with Crippen LogP contribution in [0, 0.1) is 0 Å². The first-order valence-electron chi connectivity index (χ1n) is 8.92. The number of hydrogen-bond donors (Lipinski definition) is 2. The van der Waals surface area contributed by atoms with Crippen molar-refractivity contribution in [1.82, 2.24) is 4.98 Å². The number of ether oxygens (including phenoxy) is 2. The molecule has 2 N–H and O–H groups in total. The topological polar surface area (TPSA) is 85.6 Å². The number of carbonyl (C=O) groups excluding carboxylic acids is 1. The van der Waals surface area contributed by atoms with Gasteiger partial charge in [-0.05, 0) is 42.5 Å². The highest BCUT2D eigenvalue weighted by Gasteiger charge is 2.13. The Bertz CT molecular complexity index is 1140. The average molecular weight is 389 g/mol. The molecule has 29 heavy (non-hydrogen) atoms. The zero-order valence-corrected chi connectivity index (χ0v) is 15.9. The van der Waals surface area contributed by atoms with E-state index in [1.807, 2.05) is 30.3 Å². The molecule has 0 bridgehead atoms. The third-order valence-corrected chi connectivity index (χ3v) is 4.32. The fourth-order valence-corrected chi connectivity index (χ4v) is 2.92. The van der Waals surface area contributed by atoms with Crippen molar-refractivity contribution in [3.8, 4) is 23.0 Å². The Balaban J connectivity index is 1.58. The summed E-state index contributed by atoms with van der Waals surface area (Å²) in [5.41, 5.74) is 3.29. The van der Waals surface area contributed by atoms with E-state index in [4.69, 9.17) is 13.9 Å². The normalized spacial score (nSPS) is 10.6. The van der Waals surface area contributed by atoms with Crippen LogP contribution in [0.25, 0.3) is 22.6 Å². The van der Waals surface area contributed by atoms with Crippen LogP contribution in [0.2, 0.25) is 0 Å². The second-order valence-electron chi connectivity index (χ2n) is 6.21. The Morgan fingerprint density at radius 2 is 1.79 bits per heavy atom. The van der Waals surface area contributed by atoms with Gasteiger partial charge in [0.2, 0.25) is 5.89 Å². The Kier molecular flexibility index (Phi) is 5.03. The fourth-order valence-electron chi connectivity index (χ4n) is 2.92. The molecule has 7 nitrogen and oxygen atoms in total. The van der Waals surface area contributed by atoms with E-state index in [1.165, 1.54) is 0 Å². The summed E-state index contributed by atoms with van der Waals surface area (Å²) in [6.07, 6.45) is 0. The summed E-state index contributed by atoms with van der Waals surface area (Å²) in [4.78, 5) is 17.0. The van der Waals surface area contributed by atoms with Crippen molar-refractivity contribution < 1.29 is 18.7 Å². The molecule has 0 aliphatic rings. The average Bonchev–Trinajstić information content (AvgIpc) is 3.18. The maximum atomic E-state index is 12.5. The van der Waals surface area contributed by atoms with Gasteiger partial charge < -0.3 is 24.5 Å². The molecule has 4 rings (SSSR count). The predicted molar refractivity (Wildman–Crippen MR) is 112 cm³/mol.